The predicted molar refractivity (Wildman–Crippen MR) is 152 cm³/mol. The molecule has 4 heteroatoms. The molecule has 0 aromatic rings. The Labute approximate surface area is 218 Å². The third-order valence-corrected chi connectivity index (χ3v) is 8.66. The molecule has 206 valence electrons. The maximum Gasteiger partial charge on any atom is 0.131 e. The number of unbranched alkanes of at least 4 members (excludes halogenated alkanes) is 18. The fraction of sp³-hybridized carbons (Fsp3) is 1.00. The molecule has 0 aliphatic carbocycles. The summed E-state index contributed by atoms with van der Waals surface area (Å²) in [6.45, 7) is 4.55. The number of ether oxygens (including phenoxy) is 2. The molecule has 0 aliphatic rings. The van der Waals surface area contributed by atoms with Crippen molar-refractivity contribution in [3.8, 4) is 0 Å². The van der Waals surface area contributed by atoms with Crippen LogP contribution in [0.4, 0.5) is 0 Å². The fourth-order valence-corrected chi connectivity index (χ4v) is 6.31. The Morgan fingerprint density at radius 2 is 0.735 bits per heavy atom. The molecule has 0 bridgehead atoms. The summed E-state index contributed by atoms with van der Waals surface area (Å²) in [5.41, 5.74) is 0. The predicted octanol–water partition coefficient (Wildman–Crippen LogP) is 9.39. The van der Waals surface area contributed by atoms with Crippen molar-refractivity contribution in [2.75, 3.05) is 25.7 Å². The minimum Gasteiger partial charge on any atom is -0.616 e. The topological polar surface area (TPSA) is 41.5 Å². The molecule has 0 radical (unpaired) electrons. The SMILES string of the molecule is CCCCCCCCCCCCC(C[S+]([O-])CC(CCCCCCCCCCCC)OC)OC. The zero-order chi connectivity index (χ0) is 25.1. The minimum atomic E-state index is -0.859. The van der Waals surface area contributed by atoms with E-state index >= 15 is 0 Å². The first-order valence-electron chi connectivity index (χ1n) is 15.1. The van der Waals surface area contributed by atoms with Gasteiger partial charge < -0.3 is 14.0 Å². The van der Waals surface area contributed by atoms with Gasteiger partial charge in [-0.1, -0.05) is 142 Å². The van der Waals surface area contributed by atoms with E-state index in [-0.39, 0.29) is 12.2 Å². The van der Waals surface area contributed by atoms with Gasteiger partial charge in [-0.05, 0) is 24.0 Å². The molecule has 0 aromatic carbocycles. The summed E-state index contributed by atoms with van der Waals surface area (Å²) in [5.74, 6) is 1.32. The maximum atomic E-state index is 12.7. The van der Waals surface area contributed by atoms with Gasteiger partial charge in [0.15, 0.2) is 0 Å². The Balaban J connectivity index is 3.72. The lowest BCUT2D eigenvalue weighted by Crippen LogP contribution is -2.30. The summed E-state index contributed by atoms with van der Waals surface area (Å²) in [7, 11) is 3.55. The van der Waals surface area contributed by atoms with Gasteiger partial charge in [0, 0.05) is 14.2 Å². The van der Waals surface area contributed by atoms with Crippen LogP contribution in [0, 0.1) is 0 Å². The molecule has 2 unspecified atom stereocenters. The van der Waals surface area contributed by atoms with Crippen LogP contribution >= 0.6 is 0 Å². The second-order valence-corrected chi connectivity index (χ2v) is 12.0. The van der Waals surface area contributed by atoms with Crippen molar-refractivity contribution in [3.05, 3.63) is 0 Å². The van der Waals surface area contributed by atoms with E-state index in [1.165, 1.54) is 128 Å². The molecule has 0 aromatic heterocycles. The van der Waals surface area contributed by atoms with Gasteiger partial charge in [-0.15, -0.1) is 0 Å². The van der Waals surface area contributed by atoms with Gasteiger partial charge in [-0.25, -0.2) is 0 Å². The Bertz CT molecular complexity index is 346. The average Bonchev–Trinajstić information content (AvgIpc) is 2.84. The third kappa shape index (κ3) is 23.9. The van der Waals surface area contributed by atoms with Crippen LogP contribution < -0.4 is 0 Å². The van der Waals surface area contributed by atoms with Gasteiger partial charge in [-0.2, -0.15) is 0 Å². The summed E-state index contributed by atoms with van der Waals surface area (Å²) in [6.07, 6.45) is 29.3. The van der Waals surface area contributed by atoms with Crippen molar-refractivity contribution >= 4 is 11.2 Å². The molecule has 0 fully saturated rings. The number of rotatable bonds is 28. The van der Waals surface area contributed by atoms with E-state index in [1.54, 1.807) is 14.2 Å². The van der Waals surface area contributed by atoms with Crippen molar-refractivity contribution in [1.82, 2.24) is 0 Å². The fourth-order valence-electron chi connectivity index (χ4n) is 4.74. The molecular formula is C30H62O3S. The highest BCUT2D eigenvalue weighted by molar-refractivity contribution is 7.91. The van der Waals surface area contributed by atoms with Crippen LogP contribution in [0.25, 0.3) is 0 Å². The van der Waals surface area contributed by atoms with Crippen LogP contribution in [0.1, 0.15) is 155 Å². The monoisotopic (exact) mass is 502 g/mol. The second kappa shape index (κ2) is 27.8. The molecule has 0 saturated heterocycles. The van der Waals surface area contributed by atoms with Crippen molar-refractivity contribution in [2.24, 2.45) is 0 Å². The maximum absolute atomic E-state index is 12.7. The molecule has 0 amide bonds. The summed E-state index contributed by atoms with van der Waals surface area (Å²) in [4.78, 5) is 0. The van der Waals surface area contributed by atoms with E-state index in [0.717, 1.165) is 12.8 Å². The van der Waals surface area contributed by atoms with Gasteiger partial charge in [0.05, 0.1) is 0 Å². The largest absolute Gasteiger partial charge is 0.616 e. The van der Waals surface area contributed by atoms with Crippen LogP contribution in [-0.2, 0) is 20.6 Å². The van der Waals surface area contributed by atoms with Gasteiger partial charge in [-0.3, -0.25) is 0 Å². The number of hydrogen-bond donors (Lipinski definition) is 0. The zero-order valence-corrected chi connectivity index (χ0v) is 24.6. The molecule has 0 N–H and O–H groups in total. The quantitative estimate of drug-likeness (QED) is 0.0790. The number of methoxy groups -OCH3 is 2. The van der Waals surface area contributed by atoms with Crippen LogP contribution in [-0.4, -0.2) is 42.5 Å². The van der Waals surface area contributed by atoms with Crippen LogP contribution in [0.5, 0.6) is 0 Å². The average molecular weight is 503 g/mol. The van der Waals surface area contributed by atoms with Crippen molar-refractivity contribution in [1.29, 1.82) is 0 Å². The first kappa shape index (κ1) is 34.2. The summed E-state index contributed by atoms with van der Waals surface area (Å²) >= 11 is -0.859. The molecule has 34 heavy (non-hydrogen) atoms. The molecule has 2 atom stereocenters. The molecule has 3 nitrogen and oxygen atoms in total. The van der Waals surface area contributed by atoms with Gasteiger partial charge in [0.25, 0.3) is 0 Å². The lowest BCUT2D eigenvalue weighted by atomic mass is 10.0. The highest BCUT2D eigenvalue weighted by Gasteiger charge is 2.21. The van der Waals surface area contributed by atoms with Gasteiger partial charge >= 0.3 is 0 Å². The van der Waals surface area contributed by atoms with Crippen molar-refractivity contribution in [3.63, 3.8) is 0 Å². The Kier molecular flexibility index (Phi) is 28.0. The zero-order valence-electron chi connectivity index (χ0n) is 23.8. The van der Waals surface area contributed by atoms with E-state index < -0.39 is 11.2 Å². The Morgan fingerprint density at radius 3 is 1.00 bits per heavy atom. The Hall–Kier alpha value is 0.230. The van der Waals surface area contributed by atoms with Gasteiger partial charge in [0.2, 0.25) is 0 Å². The summed E-state index contributed by atoms with van der Waals surface area (Å²) in [6, 6.07) is 0. The van der Waals surface area contributed by atoms with Crippen molar-refractivity contribution in [2.45, 2.75) is 167 Å². The smallest absolute Gasteiger partial charge is 0.131 e. The normalized spacial score (nSPS) is 14.4. The minimum absolute atomic E-state index is 0.129. The highest BCUT2D eigenvalue weighted by Crippen LogP contribution is 2.16. The van der Waals surface area contributed by atoms with Gasteiger partial charge in [0.1, 0.15) is 23.7 Å². The molecule has 0 heterocycles. The second-order valence-electron chi connectivity index (χ2n) is 10.4. The molecule has 0 saturated carbocycles. The first-order valence-corrected chi connectivity index (χ1v) is 16.6. The van der Waals surface area contributed by atoms with Crippen LogP contribution in [0.15, 0.2) is 0 Å². The molecule has 0 spiro atoms. The van der Waals surface area contributed by atoms with Crippen LogP contribution in [0.3, 0.4) is 0 Å². The van der Waals surface area contributed by atoms with Crippen LogP contribution in [0.2, 0.25) is 0 Å². The molecular weight excluding hydrogens is 440 g/mol. The van der Waals surface area contributed by atoms with E-state index in [2.05, 4.69) is 13.8 Å². The third-order valence-electron chi connectivity index (χ3n) is 7.17. The summed E-state index contributed by atoms with van der Waals surface area (Å²) in [5, 5.41) is 0. The Morgan fingerprint density at radius 1 is 0.471 bits per heavy atom. The summed E-state index contributed by atoms with van der Waals surface area (Å²) < 4.78 is 24.0. The van der Waals surface area contributed by atoms with E-state index in [0.29, 0.717) is 11.5 Å². The number of hydrogen-bond acceptors (Lipinski definition) is 3. The first-order chi connectivity index (χ1) is 16.7. The van der Waals surface area contributed by atoms with E-state index in [4.69, 9.17) is 9.47 Å². The molecule has 0 rings (SSSR count). The highest BCUT2D eigenvalue weighted by atomic mass is 32.2. The lowest BCUT2D eigenvalue weighted by molar-refractivity contribution is 0.105. The van der Waals surface area contributed by atoms with E-state index in [9.17, 15) is 4.55 Å². The van der Waals surface area contributed by atoms with E-state index in [1.807, 2.05) is 0 Å². The van der Waals surface area contributed by atoms with Crippen molar-refractivity contribution < 1.29 is 14.0 Å². The lowest BCUT2D eigenvalue weighted by Gasteiger charge is -2.22. The molecule has 0 aliphatic heterocycles. The standard InChI is InChI=1S/C30H62O3S/c1-5-7-9-11-13-15-17-19-21-23-25-29(32-3)27-34(31)28-30(33-4)26-24-22-20-18-16-14-12-10-8-6-2/h29-30H,5-28H2,1-4H3.